The van der Waals surface area contributed by atoms with Crippen molar-refractivity contribution >= 4 is 27.1 Å². The van der Waals surface area contributed by atoms with E-state index in [4.69, 9.17) is 14.2 Å². The van der Waals surface area contributed by atoms with E-state index in [0.29, 0.717) is 39.8 Å². The SMILES string of the molecule is COc1ccc2c(c1)S(=O)(=O)Cc1cc(C(=O)NCc3ccc4c(c3)OCO4)sc1-2. The maximum atomic E-state index is 12.7. The van der Waals surface area contributed by atoms with E-state index in [1.54, 1.807) is 18.2 Å². The number of hydrogen-bond acceptors (Lipinski definition) is 7. The molecule has 0 saturated heterocycles. The van der Waals surface area contributed by atoms with Crippen molar-refractivity contribution < 1.29 is 27.4 Å². The summed E-state index contributed by atoms with van der Waals surface area (Å²) in [5.41, 5.74) is 2.14. The van der Waals surface area contributed by atoms with Crippen molar-refractivity contribution in [1.29, 1.82) is 0 Å². The number of thiophene rings is 1. The van der Waals surface area contributed by atoms with Crippen LogP contribution in [-0.2, 0) is 22.1 Å². The number of sulfone groups is 1. The number of carbonyl (C=O) groups excluding carboxylic acids is 1. The van der Waals surface area contributed by atoms with Gasteiger partial charge < -0.3 is 19.5 Å². The van der Waals surface area contributed by atoms with Crippen LogP contribution in [0.25, 0.3) is 10.4 Å². The van der Waals surface area contributed by atoms with Crippen molar-refractivity contribution in [1.82, 2.24) is 5.32 Å². The Morgan fingerprint density at radius 3 is 2.80 bits per heavy atom. The van der Waals surface area contributed by atoms with Gasteiger partial charge in [0, 0.05) is 17.0 Å². The molecule has 0 saturated carbocycles. The summed E-state index contributed by atoms with van der Waals surface area (Å²) in [5.74, 6) is 1.45. The van der Waals surface area contributed by atoms with Crippen molar-refractivity contribution in [3.05, 3.63) is 58.5 Å². The second-order valence-corrected chi connectivity index (χ2v) is 9.97. The van der Waals surface area contributed by atoms with Crippen molar-refractivity contribution in [2.75, 3.05) is 13.9 Å². The largest absolute Gasteiger partial charge is 0.497 e. The van der Waals surface area contributed by atoms with Crippen LogP contribution in [0.2, 0.25) is 0 Å². The number of benzene rings is 2. The first kappa shape index (κ1) is 19.0. The summed E-state index contributed by atoms with van der Waals surface area (Å²) >= 11 is 1.29. The number of hydrogen-bond donors (Lipinski definition) is 1. The van der Waals surface area contributed by atoms with Crippen LogP contribution in [-0.4, -0.2) is 28.2 Å². The summed E-state index contributed by atoms with van der Waals surface area (Å²) in [6.45, 7) is 0.520. The van der Waals surface area contributed by atoms with Crippen molar-refractivity contribution in [2.45, 2.75) is 17.2 Å². The van der Waals surface area contributed by atoms with Crippen molar-refractivity contribution in [3.63, 3.8) is 0 Å². The van der Waals surface area contributed by atoms with Gasteiger partial charge in [-0.1, -0.05) is 6.07 Å². The second kappa shape index (κ2) is 7.03. The highest BCUT2D eigenvalue weighted by molar-refractivity contribution is 7.91. The minimum absolute atomic E-state index is 0.131. The van der Waals surface area contributed by atoms with Crippen molar-refractivity contribution in [2.24, 2.45) is 0 Å². The monoisotopic (exact) mass is 443 g/mol. The van der Waals surface area contributed by atoms with Crippen LogP contribution in [0.5, 0.6) is 17.2 Å². The molecular weight excluding hydrogens is 426 g/mol. The summed E-state index contributed by atoms with van der Waals surface area (Å²) in [4.78, 5) is 14.2. The summed E-state index contributed by atoms with van der Waals surface area (Å²) < 4.78 is 41.2. The summed E-state index contributed by atoms with van der Waals surface area (Å²) in [6.07, 6.45) is 0. The highest BCUT2D eigenvalue weighted by atomic mass is 32.2. The molecule has 0 aliphatic carbocycles. The Morgan fingerprint density at radius 2 is 1.97 bits per heavy atom. The van der Waals surface area contributed by atoms with Gasteiger partial charge in [-0.2, -0.15) is 0 Å². The molecule has 2 aliphatic heterocycles. The van der Waals surface area contributed by atoms with Gasteiger partial charge in [0.1, 0.15) is 5.75 Å². The highest BCUT2D eigenvalue weighted by Gasteiger charge is 2.31. The maximum Gasteiger partial charge on any atom is 0.261 e. The molecule has 2 aromatic carbocycles. The van der Waals surface area contributed by atoms with E-state index in [-0.39, 0.29) is 23.3 Å². The lowest BCUT2D eigenvalue weighted by molar-refractivity contribution is 0.0955. The molecule has 1 aromatic heterocycles. The smallest absolute Gasteiger partial charge is 0.261 e. The standard InChI is InChI=1S/C21H17NO6S2/c1-26-14-3-4-15-19(8-14)30(24,25)10-13-7-18(29-20(13)15)21(23)22-9-12-2-5-16-17(6-12)28-11-27-16/h2-8H,9-11H2,1H3,(H,22,23). The summed E-state index contributed by atoms with van der Waals surface area (Å²) in [6, 6.07) is 12.2. The van der Waals surface area contributed by atoms with E-state index >= 15 is 0 Å². The first-order valence-corrected chi connectivity index (χ1v) is 11.6. The van der Waals surface area contributed by atoms with E-state index in [2.05, 4.69) is 5.32 Å². The molecule has 0 unspecified atom stereocenters. The molecule has 0 radical (unpaired) electrons. The van der Waals surface area contributed by atoms with Gasteiger partial charge in [0.15, 0.2) is 21.3 Å². The normalized spacial score (nSPS) is 15.2. The Hall–Kier alpha value is -3.04. The lowest BCUT2D eigenvalue weighted by Gasteiger charge is -2.17. The van der Waals surface area contributed by atoms with Gasteiger partial charge in [-0.15, -0.1) is 11.3 Å². The molecule has 154 valence electrons. The molecule has 2 aliphatic rings. The van der Waals surface area contributed by atoms with Gasteiger partial charge in [0.25, 0.3) is 5.91 Å². The van der Waals surface area contributed by atoms with Crippen LogP contribution in [0.3, 0.4) is 0 Å². The fourth-order valence-corrected chi connectivity index (χ4v) is 6.44. The topological polar surface area (TPSA) is 90.9 Å². The molecule has 0 bridgehead atoms. The minimum Gasteiger partial charge on any atom is -0.497 e. The Balaban J connectivity index is 1.40. The fourth-order valence-electron chi connectivity index (χ4n) is 3.55. The van der Waals surface area contributed by atoms with E-state index in [0.717, 1.165) is 10.4 Å². The summed E-state index contributed by atoms with van der Waals surface area (Å²) in [7, 11) is -2.00. The molecular formula is C21H17NO6S2. The number of fused-ring (bicyclic) bond motifs is 4. The third-order valence-electron chi connectivity index (χ3n) is 5.04. The molecule has 3 aromatic rings. The number of ether oxygens (including phenoxy) is 3. The Labute approximate surface area is 177 Å². The molecule has 3 heterocycles. The number of amides is 1. The van der Waals surface area contributed by atoms with Gasteiger partial charge >= 0.3 is 0 Å². The predicted molar refractivity (Wildman–Crippen MR) is 111 cm³/mol. The number of carbonyl (C=O) groups is 1. The zero-order valence-corrected chi connectivity index (χ0v) is 17.6. The molecule has 7 nitrogen and oxygen atoms in total. The molecule has 0 atom stereocenters. The van der Waals surface area contributed by atoms with E-state index in [1.807, 2.05) is 18.2 Å². The highest BCUT2D eigenvalue weighted by Crippen LogP contribution is 2.44. The maximum absolute atomic E-state index is 12.7. The molecule has 0 fully saturated rings. The predicted octanol–water partition coefficient (Wildman–Crippen LogP) is 3.37. The summed E-state index contributed by atoms with van der Waals surface area (Å²) in [5, 5.41) is 2.88. The number of nitrogens with one attached hydrogen (secondary N) is 1. The molecule has 9 heteroatoms. The first-order valence-electron chi connectivity index (χ1n) is 9.15. The second-order valence-electron chi connectivity index (χ2n) is 6.96. The van der Waals surface area contributed by atoms with Crippen LogP contribution in [0.15, 0.2) is 47.4 Å². The van der Waals surface area contributed by atoms with Gasteiger partial charge in [-0.3, -0.25) is 4.79 Å². The third-order valence-corrected chi connectivity index (χ3v) is 7.95. The van der Waals surface area contributed by atoms with Crippen LogP contribution < -0.4 is 19.5 Å². The van der Waals surface area contributed by atoms with Gasteiger partial charge in [0.05, 0.1) is 22.6 Å². The van der Waals surface area contributed by atoms with Gasteiger partial charge in [0.2, 0.25) is 6.79 Å². The van der Waals surface area contributed by atoms with Crippen LogP contribution in [0, 0.1) is 0 Å². The number of rotatable bonds is 4. The molecule has 5 rings (SSSR count). The Morgan fingerprint density at radius 1 is 1.13 bits per heavy atom. The first-order chi connectivity index (χ1) is 14.4. The number of methoxy groups -OCH3 is 1. The zero-order valence-electron chi connectivity index (χ0n) is 15.9. The lowest BCUT2D eigenvalue weighted by Crippen LogP contribution is -2.21. The quantitative estimate of drug-likeness (QED) is 0.665. The molecule has 1 amide bonds. The molecule has 0 spiro atoms. The van der Waals surface area contributed by atoms with Gasteiger partial charge in [-0.05, 0) is 47.5 Å². The fraction of sp³-hybridized carbons (Fsp3) is 0.190. The third kappa shape index (κ3) is 3.20. The van der Waals surface area contributed by atoms with Crippen LogP contribution >= 0.6 is 11.3 Å². The van der Waals surface area contributed by atoms with Gasteiger partial charge in [-0.25, -0.2) is 8.42 Å². The Kier molecular flexibility index (Phi) is 4.44. The minimum atomic E-state index is -3.49. The van der Waals surface area contributed by atoms with Crippen LogP contribution in [0.1, 0.15) is 20.8 Å². The Bertz CT molecular complexity index is 1280. The average Bonchev–Trinajstić information content (AvgIpc) is 3.37. The zero-order chi connectivity index (χ0) is 20.9. The van der Waals surface area contributed by atoms with Crippen LogP contribution in [0.4, 0.5) is 0 Å². The lowest BCUT2D eigenvalue weighted by atomic mass is 10.1. The van der Waals surface area contributed by atoms with E-state index < -0.39 is 9.84 Å². The molecule has 30 heavy (non-hydrogen) atoms. The molecule has 1 N–H and O–H groups in total. The van der Waals surface area contributed by atoms with E-state index in [9.17, 15) is 13.2 Å². The van der Waals surface area contributed by atoms with Crippen molar-refractivity contribution in [3.8, 4) is 27.7 Å². The average molecular weight is 444 g/mol. The van der Waals surface area contributed by atoms with E-state index in [1.165, 1.54) is 24.5 Å².